The van der Waals surface area contributed by atoms with Crippen molar-refractivity contribution in [3.8, 4) is 0 Å². The Morgan fingerprint density at radius 2 is 1.59 bits per heavy atom. The molecule has 7 nitrogen and oxygen atoms in total. The molecule has 220 valence electrons. The van der Waals surface area contributed by atoms with E-state index in [0.717, 1.165) is 12.0 Å². The molecule has 3 aromatic carbocycles. The number of sulfonamides is 1. The molecule has 0 aromatic heterocycles. The van der Waals surface area contributed by atoms with Crippen LogP contribution in [-0.2, 0) is 32.6 Å². The minimum absolute atomic E-state index is 0.0434. The Balaban J connectivity index is 1.86. The number of amides is 2. The average molecular weight is 619 g/mol. The van der Waals surface area contributed by atoms with E-state index in [-0.39, 0.29) is 48.7 Å². The number of hydrogen-bond donors (Lipinski definition) is 1. The maximum Gasteiger partial charge on any atom is 0.243 e. The largest absolute Gasteiger partial charge is 0.352 e. The summed E-state index contributed by atoms with van der Waals surface area (Å²) in [7, 11) is -2.19. The van der Waals surface area contributed by atoms with Gasteiger partial charge in [0.2, 0.25) is 21.8 Å². The van der Waals surface area contributed by atoms with Crippen molar-refractivity contribution in [3.05, 3.63) is 100 Å². The van der Waals surface area contributed by atoms with Gasteiger partial charge in [0.25, 0.3) is 0 Å². The molecule has 0 unspecified atom stereocenters. The molecule has 0 heterocycles. The van der Waals surface area contributed by atoms with Gasteiger partial charge in [0.15, 0.2) is 0 Å². The number of halogens is 2. The lowest BCUT2D eigenvalue weighted by Crippen LogP contribution is -2.52. The van der Waals surface area contributed by atoms with Crippen molar-refractivity contribution in [2.24, 2.45) is 0 Å². The van der Waals surface area contributed by atoms with Gasteiger partial charge in [-0.15, -0.1) is 0 Å². The highest BCUT2D eigenvalue weighted by molar-refractivity contribution is 7.89. The molecule has 0 aliphatic carbocycles. The van der Waals surface area contributed by atoms with Crippen LogP contribution in [0.25, 0.3) is 0 Å². The van der Waals surface area contributed by atoms with E-state index in [2.05, 4.69) is 5.32 Å². The Bertz CT molecular complexity index is 1410. The SMILES string of the molecule is CC[C@H](C)NC(=O)[C@@H](Cc1ccccc1)N(Cc1ccc(Cl)cc1Cl)C(=O)CCCN(C)S(=O)(=O)c1ccccc1. The highest BCUT2D eigenvalue weighted by Crippen LogP contribution is 2.25. The second-order valence-electron chi connectivity index (χ2n) is 10.0. The summed E-state index contributed by atoms with van der Waals surface area (Å²) >= 11 is 12.6. The van der Waals surface area contributed by atoms with Crippen molar-refractivity contribution in [2.45, 2.75) is 63.1 Å². The number of benzene rings is 3. The standard InChI is InChI=1S/C31H37Cl2N3O4S/c1-4-23(2)34-31(38)29(20-24-12-7-5-8-13-24)36(22-25-17-18-26(32)21-28(25)33)30(37)16-11-19-35(3)41(39,40)27-14-9-6-10-15-27/h5-10,12-15,17-18,21,23,29H,4,11,16,19-20,22H2,1-3H3,(H,34,38)/t23-,29+/m0/s1. The van der Waals surface area contributed by atoms with Gasteiger partial charge in [-0.1, -0.05) is 84.7 Å². The molecule has 0 saturated heterocycles. The second-order valence-corrected chi connectivity index (χ2v) is 12.9. The Labute approximate surface area is 253 Å². The van der Waals surface area contributed by atoms with Crippen molar-refractivity contribution < 1.29 is 18.0 Å². The van der Waals surface area contributed by atoms with Crippen molar-refractivity contribution in [2.75, 3.05) is 13.6 Å². The van der Waals surface area contributed by atoms with Crippen molar-refractivity contribution >= 4 is 45.0 Å². The minimum Gasteiger partial charge on any atom is -0.352 e. The fourth-order valence-electron chi connectivity index (χ4n) is 4.32. The van der Waals surface area contributed by atoms with Crippen LogP contribution in [0.1, 0.15) is 44.2 Å². The van der Waals surface area contributed by atoms with E-state index in [0.29, 0.717) is 22.0 Å². The predicted molar refractivity (Wildman–Crippen MR) is 164 cm³/mol. The molecule has 2 amide bonds. The molecule has 0 saturated carbocycles. The van der Waals surface area contributed by atoms with Gasteiger partial charge in [-0.05, 0) is 55.2 Å². The van der Waals surface area contributed by atoms with Crippen molar-refractivity contribution in [1.82, 2.24) is 14.5 Å². The summed E-state index contributed by atoms with van der Waals surface area (Å²) in [5.74, 6) is -0.535. The smallest absolute Gasteiger partial charge is 0.243 e. The van der Waals surface area contributed by atoms with Gasteiger partial charge in [0.05, 0.1) is 4.90 Å². The zero-order chi connectivity index (χ0) is 30.0. The quantitative estimate of drug-likeness (QED) is 0.242. The first-order valence-electron chi connectivity index (χ1n) is 13.6. The molecule has 0 bridgehead atoms. The maximum atomic E-state index is 13.8. The molecule has 2 atom stereocenters. The van der Waals surface area contributed by atoms with Gasteiger partial charge in [0, 0.05) is 49.1 Å². The second kappa shape index (κ2) is 15.4. The molecule has 0 aliphatic rings. The van der Waals surface area contributed by atoms with Gasteiger partial charge in [0.1, 0.15) is 6.04 Å². The van der Waals surface area contributed by atoms with E-state index in [4.69, 9.17) is 23.2 Å². The Morgan fingerprint density at radius 3 is 2.20 bits per heavy atom. The zero-order valence-corrected chi connectivity index (χ0v) is 25.9. The lowest BCUT2D eigenvalue weighted by atomic mass is 10.0. The zero-order valence-electron chi connectivity index (χ0n) is 23.6. The van der Waals surface area contributed by atoms with Crippen LogP contribution < -0.4 is 5.32 Å². The van der Waals surface area contributed by atoms with Crippen LogP contribution in [-0.4, -0.2) is 55.1 Å². The van der Waals surface area contributed by atoms with E-state index < -0.39 is 16.1 Å². The normalized spacial score (nSPS) is 13.0. The molecule has 0 fully saturated rings. The van der Waals surface area contributed by atoms with E-state index in [1.807, 2.05) is 44.2 Å². The molecular weight excluding hydrogens is 581 g/mol. The molecule has 41 heavy (non-hydrogen) atoms. The van der Waals surface area contributed by atoms with Gasteiger partial charge >= 0.3 is 0 Å². The first kappa shape index (κ1) is 32.6. The average Bonchev–Trinajstić information content (AvgIpc) is 2.96. The number of hydrogen-bond acceptors (Lipinski definition) is 4. The van der Waals surface area contributed by atoms with Crippen LogP contribution >= 0.6 is 23.2 Å². The topological polar surface area (TPSA) is 86.8 Å². The molecule has 1 N–H and O–H groups in total. The third-order valence-electron chi connectivity index (χ3n) is 6.94. The molecular formula is C31H37Cl2N3O4S. The molecule has 3 rings (SSSR count). The maximum absolute atomic E-state index is 13.8. The van der Waals surface area contributed by atoms with Crippen LogP contribution in [0.15, 0.2) is 83.8 Å². The van der Waals surface area contributed by atoms with E-state index in [9.17, 15) is 18.0 Å². The summed E-state index contributed by atoms with van der Waals surface area (Å²) < 4.78 is 27.1. The first-order chi connectivity index (χ1) is 19.5. The van der Waals surface area contributed by atoms with E-state index in [1.54, 1.807) is 53.4 Å². The summed E-state index contributed by atoms with van der Waals surface area (Å²) in [5, 5.41) is 3.89. The molecule has 0 radical (unpaired) electrons. The highest BCUT2D eigenvalue weighted by atomic mass is 35.5. The van der Waals surface area contributed by atoms with Crippen LogP contribution in [0.5, 0.6) is 0 Å². The van der Waals surface area contributed by atoms with Crippen LogP contribution in [0.4, 0.5) is 0 Å². The van der Waals surface area contributed by atoms with E-state index in [1.165, 1.54) is 11.4 Å². The van der Waals surface area contributed by atoms with E-state index >= 15 is 0 Å². The van der Waals surface area contributed by atoms with Gasteiger partial charge < -0.3 is 10.2 Å². The Kier molecular flexibility index (Phi) is 12.2. The van der Waals surface area contributed by atoms with Gasteiger partial charge in [-0.2, -0.15) is 0 Å². The number of nitrogens with zero attached hydrogens (tertiary/aromatic N) is 2. The van der Waals surface area contributed by atoms with Crippen molar-refractivity contribution in [1.29, 1.82) is 0 Å². The first-order valence-corrected chi connectivity index (χ1v) is 15.8. The molecule has 3 aromatic rings. The van der Waals surface area contributed by atoms with Crippen molar-refractivity contribution in [3.63, 3.8) is 0 Å². The monoisotopic (exact) mass is 617 g/mol. The third kappa shape index (κ3) is 9.30. The van der Waals surface area contributed by atoms with Gasteiger partial charge in [-0.25, -0.2) is 12.7 Å². The number of carbonyl (C=O) groups is 2. The Morgan fingerprint density at radius 1 is 0.951 bits per heavy atom. The lowest BCUT2D eigenvalue weighted by molar-refractivity contribution is -0.141. The highest BCUT2D eigenvalue weighted by Gasteiger charge is 2.31. The minimum atomic E-state index is -3.69. The summed E-state index contributed by atoms with van der Waals surface area (Å²) in [5.41, 5.74) is 1.56. The summed E-state index contributed by atoms with van der Waals surface area (Å²) in [6.45, 7) is 4.13. The molecule has 0 spiro atoms. The summed E-state index contributed by atoms with van der Waals surface area (Å²) in [6.07, 6.45) is 1.37. The predicted octanol–water partition coefficient (Wildman–Crippen LogP) is 5.95. The number of carbonyl (C=O) groups excluding carboxylic acids is 2. The van der Waals surface area contributed by atoms with Gasteiger partial charge in [-0.3, -0.25) is 9.59 Å². The fraction of sp³-hybridized carbons (Fsp3) is 0.355. The third-order valence-corrected chi connectivity index (χ3v) is 9.40. The summed E-state index contributed by atoms with van der Waals surface area (Å²) in [4.78, 5) is 29.2. The van der Waals surface area contributed by atoms with Crippen LogP contribution in [0.3, 0.4) is 0 Å². The number of rotatable bonds is 14. The molecule has 10 heteroatoms. The molecule has 0 aliphatic heterocycles. The Hall–Kier alpha value is -2.91. The lowest BCUT2D eigenvalue weighted by Gasteiger charge is -2.33. The fourth-order valence-corrected chi connectivity index (χ4v) is 6.02. The number of nitrogens with one attached hydrogen (secondary N) is 1. The summed E-state index contributed by atoms with van der Waals surface area (Å²) in [6, 6.07) is 21.9. The van der Waals surface area contributed by atoms with Crippen LogP contribution in [0, 0.1) is 0 Å². The van der Waals surface area contributed by atoms with Crippen LogP contribution in [0.2, 0.25) is 10.0 Å².